The fraction of sp³-hybridized carbons (Fsp3) is 0.818. The molecule has 0 fully saturated rings. The van der Waals surface area contributed by atoms with Gasteiger partial charge in [0.2, 0.25) is 0 Å². The highest BCUT2D eigenvalue weighted by molar-refractivity contribution is 6.76. The zero-order valence-corrected chi connectivity index (χ0v) is 10.2. The van der Waals surface area contributed by atoms with Gasteiger partial charge in [-0.05, 0) is 18.9 Å². The number of allylic oxidation sites excluding steroid dienone is 2. The molecule has 72 valence electrons. The Morgan fingerprint density at radius 1 is 1.00 bits per heavy atom. The summed E-state index contributed by atoms with van der Waals surface area (Å²) in [6, 6.07) is 1.35. The SMILES string of the molecule is CCCCC/C=C/C[Si](C)(C)C. The van der Waals surface area contributed by atoms with E-state index in [0.29, 0.717) is 0 Å². The third-order valence-electron chi connectivity index (χ3n) is 1.87. The standard InChI is InChI=1S/C11H24Si/c1-5-6-7-8-9-10-11-12(2,3)4/h9-10H,5-8,11H2,1-4H3/b10-9+. The van der Waals surface area contributed by atoms with Crippen molar-refractivity contribution in [3.8, 4) is 0 Å². The van der Waals surface area contributed by atoms with Gasteiger partial charge in [0.15, 0.2) is 0 Å². The van der Waals surface area contributed by atoms with E-state index in [-0.39, 0.29) is 0 Å². The first-order valence-corrected chi connectivity index (χ1v) is 8.92. The Bertz CT molecular complexity index is 119. The minimum atomic E-state index is -0.813. The Kier molecular flexibility index (Phi) is 6.45. The predicted molar refractivity (Wildman–Crippen MR) is 61.4 cm³/mol. The first kappa shape index (κ1) is 12.0. The molecule has 0 spiro atoms. The van der Waals surface area contributed by atoms with Crippen LogP contribution in [0, 0.1) is 0 Å². The lowest BCUT2D eigenvalue weighted by Gasteiger charge is -2.11. The Labute approximate surface area is 79.1 Å². The van der Waals surface area contributed by atoms with Crippen LogP contribution in [-0.4, -0.2) is 8.07 Å². The van der Waals surface area contributed by atoms with Crippen LogP contribution in [0.4, 0.5) is 0 Å². The summed E-state index contributed by atoms with van der Waals surface area (Å²) < 4.78 is 0. The summed E-state index contributed by atoms with van der Waals surface area (Å²) in [6.07, 6.45) is 10.1. The van der Waals surface area contributed by atoms with Crippen LogP contribution in [0.3, 0.4) is 0 Å². The summed E-state index contributed by atoms with van der Waals surface area (Å²) in [5.41, 5.74) is 0. The van der Waals surface area contributed by atoms with Crippen molar-refractivity contribution < 1.29 is 0 Å². The van der Waals surface area contributed by atoms with Crippen LogP contribution in [0.5, 0.6) is 0 Å². The first-order valence-electron chi connectivity index (χ1n) is 5.21. The van der Waals surface area contributed by atoms with E-state index < -0.39 is 8.07 Å². The van der Waals surface area contributed by atoms with Gasteiger partial charge >= 0.3 is 0 Å². The average molecular weight is 184 g/mol. The van der Waals surface area contributed by atoms with Gasteiger partial charge in [-0.3, -0.25) is 0 Å². The first-order chi connectivity index (χ1) is 5.56. The molecule has 0 bridgehead atoms. The minimum absolute atomic E-state index is 0.813. The molecule has 0 aromatic heterocycles. The summed E-state index contributed by atoms with van der Waals surface area (Å²) in [6.45, 7) is 9.52. The van der Waals surface area contributed by atoms with Gasteiger partial charge in [-0.1, -0.05) is 51.6 Å². The molecule has 0 saturated carbocycles. The van der Waals surface area contributed by atoms with E-state index in [1.165, 1.54) is 31.7 Å². The lowest BCUT2D eigenvalue weighted by Crippen LogP contribution is -2.17. The monoisotopic (exact) mass is 184 g/mol. The molecule has 0 atom stereocenters. The fourth-order valence-electron chi connectivity index (χ4n) is 1.07. The number of rotatable bonds is 6. The third-order valence-corrected chi connectivity index (χ3v) is 3.33. The smallest absolute Gasteiger partial charge is 0.0480 e. The van der Waals surface area contributed by atoms with Crippen molar-refractivity contribution >= 4 is 8.07 Å². The zero-order valence-electron chi connectivity index (χ0n) is 9.19. The molecule has 0 aromatic rings. The van der Waals surface area contributed by atoms with E-state index in [1.54, 1.807) is 0 Å². The Morgan fingerprint density at radius 3 is 2.17 bits per heavy atom. The van der Waals surface area contributed by atoms with Gasteiger partial charge in [-0.2, -0.15) is 0 Å². The van der Waals surface area contributed by atoms with Crippen LogP contribution in [0.2, 0.25) is 25.7 Å². The molecule has 0 rings (SSSR count). The highest BCUT2D eigenvalue weighted by Crippen LogP contribution is 2.09. The normalized spacial score (nSPS) is 12.7. The van der Waals surface area contributed by atoms with Gasteiger partial charge in [0.25, 0.3) is 0 Å². The van der Waals surface area contributed by atoms with Crippen molar-refractivity contribution in [3.63, 3.8) is 0 Å². The van der Waals surface area contributed by atoms with E-state index in [1.807, 2.05) is 0 Å². The second kappa shape index (κ2) is 6.47. The van der Waals surface area contributed by atoms with Crippen LogP contribution in [0.25, 0.3) is 0 Å². The second-order valence-electron chi connectivity index (χ2n) is 4.73. The van der Waals surface area contributed by atoms with Crippen molar-refractivity contribution in [2.45, 2.75) is 58.3 Å². The highest BCUT2D eigenvalue weighted by atomic mass is 28.3. The average Bonchev–Trinajstić information content (AvgIpc) is 1.94. The van der Waals surface area contributed by atoms with Gasteiger partial charge in [0.05, 0.1) is 0 Å². The predicted octanol–water partition coefficient (Wildman–Crippen LogP) is 4.46. The number of hydrogen-bond donors (Lipinski definition) is 0. The van der Waals surface area contributed by atoms with Crippen LogP contribution < -0.4 is 0 Å². The van der Waals surface area contributed by atoms with E-state index in [0.717, 1.165) is 0 Å². The van der Waals surface area contributed by atoms with E-state index in [9.17, 15) is 0 Å². The molecule has 0 amide bonds. The van der Waals surface area contributed by atoms with Crippen LogP contribution in [-0.2, 0) is 0 Å². The maximum atomic E-state index is 2.42. The zero-order chi connectivity index (χ0) is 9.45. The minimum Gasteiger partial charge on any atom is -0.0912 e. The van der Waals surface area contributed by atoms with Crippen molar-refractivity contribution in [3.05, 3.63) is 12.2 Å². The van der Waals surface area contributed by atoms with Crippen LogP contribution in [0.15, 0.2) is 12.2 Å². The van der Waals surface area contributed by atoms with Gasteiger partial charge < -0.3 is 0 Å². The van der Waals surface area contributed by atoms with Gasteiger partial charge in [0.1, 0.15) is 0 Å². The molecule has 0 aliphatic carbocycles. The van der Waals surface area contributed by atoms with Gasteiger partial charge in [0, 0.05) is 8.07 Å². The Hall–Kier alpha value is -0.0431. The van der Waals surface area contributed by atoms with Crippen LogP contribution in [0.1, 0.15) is 32.6 Å². The van der Waals surface area contributed by atoms with Gasteiger partial charge in [-0.25, -0.2) is 0 Å². The number of hydrogen-bond acceptors (Lipinski definition) is 0. The largest absolute Gasteiger partial charge is 0.0912 e. The summed E-state index contributed by atoms with van der Waals surface area (Å²) in [7, 11) is -0.813. The summed E-state index contributed by atoms with van der Waals surface area (Å²) in [4.78, 5) is 0. The maximum Gasteiger partial charge on any atom is 0.0480 e. The Balaban J connectivity index is 3.26. The molecule has 0 heterocycles. The van der Waals surface area contributed by atoms with Crippen molar-refractivity contribution in [2.24, 2.45) is 0 Å². The summed E-state index contributed by atoms with van der Waals surface area (Å²) in [5, 5.41) is 0. The molecule has 12 heavy (non-hydrogen) atoms. The molecule has 0 aromatic carbocycles. The van der Waals surface area contributed by atoms with E-state index in [4.69, 9.17) is 0 Å². The molecule has 0 unspecified atom stereocenters. The maximum absolute atomic E-state index is 2.42. The molecule has 0 nitrogen and oxygen atoms in total. The molecule has 0 saturated heterocycles. The fourth-order valence-corrected chi connectivity index (χ4v) is 1.94. The molecular formula is C11H24Si. The molecule has 0 N–H and O–H groups in total. The van der Waals surface area contributed by atoms with E-state index >= 15 is 0 Å². The van der Waals surface area contributed by atoms with Gasteiger partial charge in [-0.15, -0.1) is 0 Å². The molecule has 1 heteroatoms. The molecule has 0 radical (unpaired) electrons. The Morgan fingerprint density at radius 2 is 1.67 bits per heavy atom. The molecule has 0 aliphatic rings. The third kappa shape index (κ3) is 9.96. The summed E-state index contributed by atoms with van der Waals surface area (Å²) in [5.74, 6) is 0. The molecular weight excluding hydrogens is 160 g/mol. The van der Waals surface area contributed by atoms with Crippen molar-refractivity contribution in [1.29, 1.82) is 0 Å². The number of unbranched alkanes of at least 4 members (excludes halogenated alkanes) is 3. The lowest BCUT2D eigenvalue weighted by molar-refractivity contribution is 0.729. The highest BCUT2D eigenvalue weighted by Gasteiger charge is 2.08. The summed E-state index contributed by atoms with van der Waals surface area (Å²) >= 11 is 0. The molecule has 0 aliphatic heterocycles. The van der Waals surface area contributed by atoms with Crippen LogP contribution >= 0.6 is 0 Å². The van der Waals surface area contributed by atoms with Crippen molar-refractivity contribution in [2.75, 3.05) is 0 Å². The topological polar surface area (TPSA) is 0 Å². The second-order valence-corrected chi connectivity index (χ2v) is 10.3. The quantitative estimate of drug-likeness (QED) is 0.325. The van der Waals surface area contributed by atoms with E-state index in [2.05, 4.69) is 38.7 Å². The lowest BCUT2D eigenvalue weighted by atomic mass is 10.2. The van der Waals surface area contributed by atoms with Crippen molar-refractivity contribution in [1.82, 2.24) is 0 Å².